The topological polar surface area (TPSA) is 119 Å². The first-order valence-corrected chi connectivity index (χ1v) is 11.9. The van der Waals surface area contributed by atoms with Crippen LogP contribution in [0.1, 0.15) is 38.8 Å². The van der Waals surface area contributed by atoms with E-state index in [9.17, 15) is 19.3 Å². The maximum absolute atomic E-state index is 13.7. The number of esters is 1. The third-order valence-electron chi connectivity index (χ3n) is 4.83. The molecule has 2 aromatic carbocycles. The number of benzene rings is 2. The summed E-state index contributed by atoms with van der Waals surface area (Å²) in [5.74, 6) is -1.98. The first kappa shape index (κ1) is 24.8. The predicted molar refractivity (Wildman–Crippen MR) is 121 cm³/mol. The molecule has 3 unspecified atom stereocenters. The summed E-state index contributed by atoms with van der Waals surface area (Å²) in [5.41, 5.74) is 4.00. The Morgan fingerprint density at radius 3 is 2.03 bits per heavy atom. The van der Waals surface area contributed by atoms with Gasteiger partial charge in [0.2, 0.25) is 7.44 Å². The lowest BCUT2D eigenvalue weighted by molar-refractivity contribution is -0.146. The number of carboxylic acid groups (broad SMARTS) is 1. The van der Waals surface area contributed by atoms with Crippen molar-refractivity contribution in [2.75, 3.05) is 6.61 Å². The van der Waals surface area contributed by atoms with Gasteiger partial charge in [-0.1, -0.05) is 81.4 Å². The van der Waals surface area contributed by atoms with E-state index in [2.05, 4.69) is 5.09 Å². The van der Waals surface area contributed by atoms with Crippen molar-refractivity contribution in [1.82, 2.24) is 5.09 Å². The van der Waals surface area contributed by atoms with Gasteiger partial charge in [-0.25, -0.2) is 9.88 Å². The zero-order chi connectivity index (χ0) is 23.3. The first-order valence-electron chi connectivity index (χ1n) is 10.0. The number of nitrogens with two attached hydrogens (primary N) is 1. The third-order valence-corrected chi connectivity index (χ3v) is 6.95. The minimum Gasteiger partial charge on any atom is -0.480 e. The second-order valence-electron chi connectivity index (χ2n) is 8.99. The van der Waals surface area contributed by atoms with Crippen molar-refractivity contribution in [3.05, 3.63) is 71.8 Å². The number of carbonyl (C=O) groups is 2. The number of hydrogen-bond donors (Lipinski definition) is 3. The molecule has 0 aliphatic carbocycles. The van der Waals surface area contributed by atoms with Crippen LogP contribution >= 0.6 is 7.44 Å². The quantitative estimate of drug-likeness (QED) is 0.394. The van der Waals surface area contributed by atoms with Crippen molar-refractivity contribution in [3.63, 3.8) is 0 Å². The lowest BCUT2D eigenvalue weighted by atomic mass is 9.94. The maximum atomic E-state index is 13.7. The van der Waals surface area contributed by atoms with Gasteiger partial charge in [0, 0.05) is 0 Å². The number of ether oxygens (including phenoxy) is 1. The Morgan fingerprint density at radius 2 is 1.55 bits per heavy atom. The summed E-state index contributed by atoms with van der Waals surface area (Å²) in [5, 5.41) is 12.5. The van der Waals surface area contributed by atoms with Gasteiger partial charge >= 0.3 is 11.9 Å². The fourth-order valence-electron chi connectivity index (χ4n) is 3.03. The monoisotopic (exact) mass is 446 g/mol. The SMILES string of the molecule is CC(C)(C)COC(=O)C(Cc1ccccc1)P(N)(=O)NC(C)(C(=O)O)c1ccccc1. The Bertz CT molecular complexity index is 943. The molecule has 0 aliphatic heterocycles. The molecule has 0 saturated carbocycles. The summed E-state index contributed by atoms with van der Waals surface area (Å²) < 4.78 is 19.1. The van der Waals surface area contributed by atoms with Crippen LogP contribution in [0.3, 0.4) is 0 Å². The normalized spacial score (nSPS) is 16.5. The highest BCUT2D eigenvalue weighted by atomic mass is 31.2. The molecule has 2 rings (SSSR count). The fraction of sp³-hybridized carbons (Fsp3) is 0.391. The summed E-state index contributed by atoms with van der Waals surface area (Å²) in [6.07, 6.45) is 0.0507. The van der Waals surface area contributed by atoms with E-state index in [1.807, 2.05) is 26.8 Å². The fourth-order valence-corrected chi connectivity index (χ4v) is 4.98. The van der Waals surface area contributed by atoms with Crippen LogP contribution < -0.4 is 10.6 Å². The highest BCUT2D eigenvalue weighted by Crippen LogP contribution is 2.45. The highest BCUT2D eigenvalue weighted by Gasteiger charge is 2.46. The number of hydrogen-bond acceptors (Lipinski definition) is 4. The molecule has 3 atom stereocenters. The van der Waals surface area contributed by atoms with E-state index in [0.717, 1.165) is 5.56 Å². The average molecular weight is 446 g/mol. The Balaban J connectivity index is 2.40. The number of carbonyl (C=O) groups excluding carboxylic acids is 1. The molecule has 7 nitrogen and oxygen atoms in total. The number of aliphatic carboxylic acids is 1. The van der Waals surface area contributed by atoms with Crippen LogP contribution in [-0.2, 0) is 30.9 Å². The molecule has 0 amide bonds. The van der Waals surface area contributed by atoms with Gasteiger partial charge in [-0.2, -0.15) is 0 Å². The molecule has 0 aromatic heterocycles. The Kier molecular flexibility index (Phi) is 7.82. The first-order chi connectivity index (χ1) is 14.3. The molecule has 168 valence electrons. The van der Waals surface area contributed by atoms with Crippen LogP contribution in [0.5, 0.6) is 0 Å². The van der Waals surface area contributed by atoms with E-state index in [4.69, 9.17) is 10.2 Å². The van der Waals surface area contributed by atoms with Crippen molar-refractivity contribution >= 4 is 19.4 Å². The minimum atomic E-state index is -4.05. The summed E-state index contributed by atoms with van der Waals surface area (Å²) in [4.78, 5) is 25.1. The highest BCUT2D eigenvalue weighted by molar-refractivity contribution is 7.61. The van der Waals surface area contributed by atoms with Crippen LogP contribution in [0, 0.1) is 5.41 Å². The molecule has 0 saturated heterocycles. The lowest BCUT2D eigenvalue weighted by Gasteiger charge is -2.33. The standard InChI is InChI=1S/C23H31N2O5P/c1-22(2,3)16-30-20(26)19(15-17-11-7-5-8-12-17)31(24,29)25-23(4,21(27)28)18-13-9-6-10-14-18/h5-14,19H,15-16H2,1-4H3,(H,27,28)(H3,24,25,29). The molecular formula is C23H31N2O5P. The lowest BCUT2D eigenvalue weighted by Crippen LogP contribution is -2.49. The molecule has 8 heteroatoms. The average Bonchev–Trinajstić information content (AvgIpc) is 2.70. The Morgan fingerprint density at radius 1 is 1.03 bits per heavy atom. The summed E-state index contributed by atoms with van der Waals surface area (Å²) in [6.45, 7) is 7.22. The van der Waals surface area contributed by atoms with Gasteiger partial charge in [0.05, 0.1) is 6.61 Å². The summed E-state index contributed by atoms with van der Waals surface area (Å²) >= 11 is 0. The molecule has 31 heavy (non-hydrogen) atoms. The largest absolute Gasteiger partial charge is 0.480 e. The van der Waals surface area contributed by atoms with E-state index in [1.54, 1.807) is 54.6 Å². The van der Waals surface area contributed by atoms with E-state index in [0.29, 0.717) is 5.56 Å². The van der Waals surface area contributed by atoms with Gasteiger partial charge in [-0.15, -0.1) is 0 Å². The Labute approximate surface area is 183 Å². The zero-order valence-electron chi connectivity index (χ0n) is 18.4. The second-order valence-corrected chi connectivity index (χ2v) is 11.3. The number of rotatable bonds is 9. The van der Waals surface area contributed by atoms with Crippen LogP contribution in [0.2, 0.25) is 0 Å². The van der Waals surface area contributed by atoms with Crippen molar-refractivity contribution < 1.29 is 24.0 Å². The van der Waals surface area contributed by atoms with Gasteiger partial charge < -0.3 is 9.84 Å². The van der Waals surface area contributed by atoms with Gasteiger partial charge in [0.15, 0.2) is 0 Å². The third kappa shape index (κ3) is 6.76. The van der Waals surface area contributed by atoms with Crippen LogP contribution in [0.4, 0.5) is 0 Å². The van der Waals surface area contributed by atoms with E-state index < -0.39 is 30.6 Å². The van der Waals surface area contributed by atoms with Crippen molar-refractivity contribution in [3.8, 4) is 0 Å². The molecule has 0 radical (unpaired) electrons. The molecule has 2 aromatic rings. The van der Waals surface area contributed by atoms with E-state index in [1.165, 1.54) is 6.92 Å². The van der Waals surface area contributed by atoms with Crippen LogP contribution in [-0.4, -0.2) is 29.3 Å². The van der Waals surface area contributed by atoms with Crippen molar-refractivity contribution in [2.24, 2.45) is 10.9 Å². The van der Waals surface area contributed by atoms with Gasteiger partial charge in [-0.3, -0.25) is 14.9 Å². The minimum absolute atomic E-state index is 0.0507. The second kappa shape index (κ2) is 9.77. The molecule has 4 N–H and O–H groups in total. The molecular weight excluding hydrogens is 415 g/mol. The molecule has 0 aliphatic rings. The smallest absolute Gasteiger partial charge is 0.328 e. The van der Waals surface area contributed by atoms with Crippen molar-refractivity contribution in [2.45, 2.75) is 45.3 Å². The molecule has 0 heterocycles. The summed E-state index contributed by atoms with van der Waals surface area (Å²) in [7, 11) is -4.05. The Hall–Kier alpha value is -2.47. The maximum Gasteiger partial charge on any atom is 0.328 e. The van der Waals surface area contributed by atoms with Gasteiger partial charge in [0.1, 0.15) is 11.2 Å². The molecule has 0 fully saturated rings. The van der Waals surface area contributed by atoms with Gasteiger partial charge in [-0.05, 0) is 29.9 Å². The zero-order valence-corrected chi connectivity index (χ0v) is 19.3. The van der Waals surface area contributed by atoms with E-state index in [-0.39, 0.29) is 18.4 Å². The van der Waals surface area contributed by atoms with Crippen molar-refractivity contribution in [1.29, 1.82) is 0 Å². The summed E-state index contributed by atoms with van der Waals surface area (Å²) in [6, 6.07) is 17.3. The van der Waals surface area contributed by atoms with Crippen LogP contribution in [0.15, 0.2) is 60.7 Å². The molecule has 0 bridgehead atoms. The number of carboxylic acids is 1. The molecule has 0 spiro atoms. The number of nitrogens with one attached hydrogen (secondary N) is 1. The van der Waals surface area contributed by atoms with Crippen LogP contribution in [0.25, 0.3) is 0 Å². The van der Waals surface area contributed by atoms with Gasteiger partial charge in [0.25, 0.3) is 0 Å². The van der Waals surface area contributed by atoms with E-state index >= 15 is 0 Å². The predicted octanol–water partition coefficient (Wildman–Crippen LogP) is 3.93.